The first-order valence-electron chi connectivity index (χ1n) is 6.91. The maximum absolute atomic E-state index is 11.4. The van der Waals surface area contributed by atoms with Crippen LogP contribution in [0.4, 0.5) is 5.69 Å². The highest BCUT2D eigenvalue weighted by atomic mass is 16.1. The molecule has 0 bridgehead atoms. The van der Waals surface area contributed by atoms with Crippen molar-refractivity contribution in [3.05, 3.63) is 66.0 Å². The van der Waals surface area contributed by atoms with Gasteiger partial charge in [0.25, 0.3) is 0 Å². The molecule has 3 rings (SSSR count). The highest BCUT2D eigenvalue weighted by Gasteiger charge is 2.08. The van der Waals surface area contributed by atoms with Crippen LogP contribution >= 0.6 is 0 Å². The highest BCUT2D eigenvalue weighted by molar-refractivity contribution is 5.94. The van der Waals surface area contributed by atoms with Gasteiger partial charge in [-0.15, -0.1) is 5.10 Å². The largest absolute Gasteiger partial charge is 0.378 e. The van der Waals surface area contributed by atoms with Gasteiger partial charge in [-0.1, -0.05) is 30.3 Å². The number of ketones is 1. The fraction of sp³-hybridized carbons (Fsp3) is 0.125. The van der Waals surface area contributed by atoms with Crippen molar-refractivity contribution in [2.75, 3.05) is 5.32 Å². The first-order chi connectivity index (χ1) is 10.7. The Hall–Kier alpha value is -3.02. The molecule has 6 heteroatoms. The van der Waals surface area contributed by atoms with Crippen LogP contribution in [0.15, 0.2) is 54.6 Å². The number of carbonyl (C=O) groups is 1. The van der Waals surface area contributed by atoms with Gasteiger partial charge in [-0.25, -0.2) is 0 Å². The third-order valence-corrected chi connectivity index (χ3v) is 3.25. The van der Waals surface area contributed by atoms with E-state index in [4.69, 9.17) is 0 Å². The van der Waals surface area contributed by atoms with Crippen molar-refractivity contribution in [3.8, 4) is 5.69 Å². The van der Waals surface area contributed by atoms with Crippen molar-refractivity contribution in [3.63, 3.8) is 0 Å². The van der Waals surface area contributed by atoms with Gasteiger partial charge in [0.05, 0.1) is 12.2 Å². The van der Waals surface area contributed by atoms with Crippen molar-refractivity contribution in [1.82, 2.24) is 20.2 Å². The van der Waals surface area contributed by atoms with E-state index in [0.29, 0.717) is 17.9 Å². The van der Waals surface area contributed by atoms with Crippen LogP contribution < -0.4 is 5.32 Å². The van der Waals surface area contributed by atoms with Gasteiger partial charge in [-0.2, -0.15) is 4.68 Å². The molecule has 0 unspecified atom stereocenters. The summed E-state index contributed by atoms with van der Waals surface area (Å²) in [6.45, 7) is 2.01. The molecule has 0 saturated carbocycles. The van der Waals surface area contributed by atoms with Gasteiger partial charge in [0.1, 0.15) is 0 Å². The number of nitrogens with zero attached hydrogens (tertiary/aromatic N) is 4. The monoisotopic (exact) mass is 293 g/mol. The molecule has 0 aliphatic heterocycles. The van der Waals surface area contributed by atoms with E-state index in [0.717, 1.165) is 11.4 Å². The lowest BCUT2D eigenvalue weighted by atomic mass is 10.1. The van der Waals surface area contributed by atoms with E-state index in [1.807, 2.05) is 48.5 Å². The SMILES string of the molecule is CC(=O)c1cccc(NCc2nnnn2-c2ccccc2)c1. The minimum absolute atomic E-state index is 0.0396. The zero-order valence-corrected chi connectivity index (χ0v) is 12.1. The summed E-state index contributed by atoms with van der Waals surface area (Å²) in [6.07, 6.45) is 0. The Morgan fingerprint density at radius 2 is 1.95 bits per heavy atom. The summed E-state index contributed by atoms with van der Waals surface area (Å²) in [6, 6.07) is 17.1. The molecule has 22 heavy (non-hydrogen) atoms. The van der Waals surface area contributed by atoms with Gasteiger partial charge >= 0.3 is 0 Å². The molecule has 2 aromatic carbocycles. The Kier molecular flexibility index (Phi) is 3.91. The molecule has 110 valence electrons. The average molecular weight is 293 g/mol. The number of hydrogen-bond acceptors (Lipinski definition) is 5. The van der Waals surface area contributed by atoms with E-state index in [2.05, 4.69) is 20.8 Å². The Bertz CT molecular complexity index is 782. The fourth-order valence-electron chi connectivity index (χ4n) is 2.11. The first-order valence-corrected chi connectivity index (χ1v) is 6.91. The molecule has 0 fully saturated rings. The average Bonchev–Trinajstić information content (AvgIpc) is 3.02. The Labute approximate surface area is 127 Å². The number of tetrazole rings is 1. The molecule has 0 spiro atoms. The topological polar surface area (TPSA) is 72.7 Å². The summed E-state index contributed by atoms with van der Waals surface area (Å²) in [4.78, 5) is 11.4. The van der Waals surface area contributed by atoms with Crippen LogP contribution in [0, 0.1) is 0 Å². The van der Waals surface area contributed by atoms with Gasteiger partial charge in [-0.05, 0) is 41.6 Å². The minimum atomic E-state index is 0.0396. The fourth-order valence-corrected chi connectivity index (χ4v) is 2.11. The number of anilines is 1. The first kappa shape index (κ1) is 13.9. The van der Waals surface area contributed by atoms with Gasteiger partial charge in [-0.3, -0.25) is 4.79 Å². The predicted octanol–water partition coefficient (Wildman–Crippen LogP) is 2.48. The number of Topliss-reactive ketones (excluding diaryl/α,β-unsaturated/α-hetero) is 1. The summed E-state index contributed by atoms with van der Waals surface area (Å²) in [5, 5.41) is 15.0. The second kappa shape index (κ2) is 6.17. The zero-order chi connectivity index (χ0) is 15.4. The van der Waals surface area contributed by atoms with E-state index < -0.39 is 0 Å². The molecular weight excluding hydrogens is 278 g/mol. The Morgan fingerprint density at radius 1 is 1.14 bits per heavy atom. The number of para-hydroxylation sites is 1. The normalized spacial score (nSPS) is 10.4. The van der Waals surface area contributed by atoms with E-state index in [1.165, 1.54) is 0 Å². The number of nitrogens with one attached hydrogen (secondary N) is 1. The molecule has 0 aliphatic carbocycles. The van der Waals surface area contributed by atoms with E-state index in [1.54, 1.807) is 17.7 Å². The summed E-state index contributed by atoms with van der Waals surface area (Å²) >= 11 is 0. The van der Waals surface area contributed by atoms with Crippen LogP contribution in [-0.2, 0) is 6.54 Å². The highest BCUT2D eigenvalue weighted by Crippen LogP contribution is 2.13. The van der Waals surface area contributed by atoms with Gasteiger partial charge in [0, 0.05) is 11.3 Å². The number of rotatable bonds is 5. The van der Waals surface area contributed by atoms with Crippen molar-refractivity contribution in [1.29, 1.82) is 0 Å². The molecule has 1 heterocycles. The molecule has 6 nitrogen and oxygen atoms in total. The summed E-state index contributed by atoms with van der Waals surface area (Å²) in [5.41, 5.74) is 2.43. The second-order valence-electron chi connectivity index (χ2n) is 4.83. The quantitative estimate of drug-likeness (QED) is 0.732. The molecular formula is C16H15N5O. The predicted molar refractivity (Wildman–Crippen MR) is 82.9 cm³/mol. The lowest BCUT2D eigenvalue weighted by Crippen LogP contribution is -2.08. The van der Waals surface area contributed by atoms with Crippen LogP contribution in [-0.4, -0.2) is 26.0 Å². The van der Waals surface area contributed by atoms with Crippen LogP contribution in [0.25, 0.3) is 5.69 Å². The van der Waals surface area contributed by atoms with Crippen molar-refractivity contribution in [2.45, 2.75) is 13.5 Å². The number of hydrogen-bond donors (Lipinski definition) is 1. The molecule has 0 aliphatic rings. The van der Waals surface area contributed by atoms with Crippen molar-refractivity contribution < 1.29 is 4.79 Å². The van der Waals surface area contributed by atoms with Gasteiger partial charge in [0.15, 0.2) is 11.6 Å². The zero-order valence-electron chi connectivity index (χ0n) is 12.1. The van der Waals surface area contributed by atoms with Crippen LogP contribution in [0.5, 0.6) is 0 Å². The summed E-state index contributed by atoms with van der Waals surface area (Å²) in [7, 11) is 0. The maximum atomic E-state index is 11.4. The smallest absolute Gasteiger partial charge is 0.175 e. The van der Waals surface area contributed by atoms with Crippen molar-refractivity contribution in [2.24, 2.45) is 0 Å². The summed E-state index contributed by atoms with van der Waals surface area (Å²) in [5.74, 6) is 0.734. The van der Waals surface area contributed by atoms with E-state index in [-0.39, 0.29) is 5.78 Å². The summed E-state index contributed by atoms with van der Waals surface area (Å²) < 4.78 is 1.68. The second-order valence-corrected chi connectivity index (χ2v) is 4.83. The minimum Gasteiger partial charge on any atom is -0.378 e. The molecule has 0 radical (unpaired) electrons. The van der Waals surface area contributed by atoms with E-state index in [9.17, 15) is 4.79 Å². The Balaban J connectivity index is 1.77. The van der Waals surface area contributed by atoms with Crippen LogP contribution in [0.2, 0.25) is 0 Å². The Morgan fingerprint density at radius 3 is 2.73 bits per heavy atom. The molecule has 0 amide bonds. The van der Waals surface area contributed by atoms with Crippen LogP contribution in [0.1, 0.15) is 23.1 Å². The number of carbonyl (C=O) groups excluding carboxylic acids is 1. The molecule has 1 N–H and O–H groups in total. The maximum Gasteiger partial charge on any atom is 0.175 e. The third-order valence-electron chi connectivity index (χ3n) is 3.25. The van der Waals surface area contributed by atoms with Gasteiger partial charge in [0.2, 0.25) is 0 Å². The van der Waals surface area contributed by atoms with E-state index >= 15 is 0 Å². The number of benzene rings is 2. The standard InChI is InChI=1S/C16H15N5O/c1-12(22)13-6-5-7-14(10-13)17-11-16-18-19-20-21(16)15-8-3-2-4-9-15/h2-10,17H,11H2,1H3. The third kappa shape index (κ3) is 3.01. The lowest BCUT2D eigenvalue weighted by molar-refractivity contribution is 0.101. The molecule has 3 aromatic rings. The van der Waals surface area contributed by atoms with Gasteiger partial charge < -0.3 is 5.32 Å². The molecule has 0 saturated heterocycles. The molecule has 1 aromatic heterocycles. The number of aromatic nitrogens is 4. The molecule has 0 atom stereocenters. The van der Waals surface area contributed by atoms with Crippen LogP contribution in [0.3, 0.4) is 0 Å². The van der Waals surface area contributed by atoms with Crippen molar-refractivity contribution >= 4 is 11.5 Å². The lowest BCUT2D eigenvalue weighted by Gasteiger charge is -2.08.